The highest BCUT2D eigenvalue weighted by Crippen LogP contribution is 2.39. The van der Waals surface area contributed by atoms with Crippen molar-refractivity contribution in [3.8, 4) is 0 Å². The minimum atomic E-state index is -0.870. The molecule has 6 heteroatoms. The van der Waals surface area contributed by atoms with Crippen LogP contribution < -0.4 is 0 Å². The molecule has 0 aliphatic rings. The molecule has 0 spiro atoms. The molecule has 0 aliphatic carbocycles. The van der Waals surface area contributed by atoms with Gasteiger partial charge in [0.2, 0.25) is 0 Å². The minimum absolute atomic E-state index is 0.0176. The summed E-state index contributed by atoms with van der Waals surface area (Å²) in [5, 5.41) is -0.485. The molecule has 0 aromatic heterocycles. The Kier molecular flexibility index (Phi) is 3.37. The summed E-state index contributed by atoms with van der Waals surface area (Å²) in [5.41, 5.74) is 0. The van der Waals surface area contributed by atoms with Crippen molar-refractivity contribution >= 4 is 55.1 Å². The van der Waals surface area contributed by atoms with Gasteiger partial charge in [-0.05, 0) is 31.9 Å². The maximum absolute atomic E-state index is 12.9. The molecule has 12 heavy (non-hydrogen) atoms. The summed E-state index contributed by atoms with van der Waals surface area (Å²) < 4.78 is 25.5. The van der Waals surface area contributed by atoms with Gasteiger partial charge in [0.25, 0.3) is 0 Å². The van der Waals surface area contributed by atoms with Gasteiger partial charge in [-0.25, -0.2) is 8.78 Å². The Morgan fingerprint density at radius 1 is 0.833 bits per heavy atom. The normalized spacial score (nSPS) is 10.5. The van der Waals surface area contributed by atoms with Crippen LogP contribution in [-0.4, -0.2) is 0 Å². The molecular formula is C6Br2Cl2F2. The molecule has 0 atom stereocenters. The molecule has 0 N–H and O–H groups in total. The predicted molar refractivity (Wildman–Crippen MR) is 51.8 cm³/mol. The van der Waals surface area contributed by atoms with Crippen molar-refractivity contribution in [1.82, 2.24) is 0 Å². The second-order valence-electron chi connectivity index (χ2n) is 1.88. The van der Waals surface area contributed by atoms with Gasteiger partial charge in [-0.15, -0.1) is 0 Å². The van der Waals surface area contributed by atoms with Crippen LogP contribution in [0.15, 0.2) is 8.95 Å². The predicted octanol–water partition coefficient (Wildman–Crippen LogP) is 4.80. The summed E-state index contributed by atoms with van der Waals surface area (Å²) in [4.78, 5) is 0. The van der Waals surface area contributed by atoms with E-state index in [9.17, 15) is 8.78 Å². The van der Waals surface area contributed by atoms with Crippen LogP contribution in [0.2, 0.25) is 10.0 Å². The van der Waals surface area contributed by atoms with E-state index in [-0.39, 0.29) is 19.0 Å². The summed E-state index contributed by atoms with van der Waals surface area (Å²) >= 11 is 16.4. The van der Waals surface area contributed by atoms with Crippen molar-refractivity contribution in [3.63, 3.8) is 0 Å². The first-order valence-electron chi connectivity index (χ1n) is 2.63. The molecule has 0 saturated heterocycles. The largest absolute Gasteiger partial charge is 0.204 e. The zero-order chi connectivity index (χ0) is 9.46. The van der Waals surface area contributed by atoms with Crippen molar-refractivity contribution in [3.05, 3.63) is 30.6 Å². The van der Waals surface area contributed by atoms with E-state index < -0.39 is 11.6 Å². The van der Waals surface area contributed by atoms with Gasteiger partial charge in [-0.1, -0.05) is 23.2 Å². The fraction of sp³-hybridized carbons (Fsp3) is 0. The second kappa shape index (κ2) is 3.78. The lowest BCUT2D eigenvalue weighted by Gasteiger charge is -2.04. The molecule has 0 radical (unpaired) electrons. The Labute approximate surface area is 94.1 Å². The summed E-state index contributed by atoms with van der Waals surface area (Å²) in [7, 11) is 0. The summed E-state index contributed by atoms with van der Waals surface area (Å²) in [6.07, 6.45) is 0. The van der Waals surface area contributed by atoms with E-state index in [4.69, 9.17) is 23.2 Å². The Morgan fingerprint density at radius 3 is 1.50 bits per heavy atom. The van der Waals surface area contributed by atoms with Gasteiger partial charge in [-0.2, -0.15) is 0 Å². The first-order chi connectivity index (χ1) is 5.46. The van der Waals surface area contributed by atoms with Crippen LogP contribution in [0.1, 0.15) is 0 Å². The van der Waals surface area contributed by atoms with Gasteiger partial charge in [-0.3, -0.25) is 0 Å². The first kappa shape index (κ1) is 10.7. The van der Waals surface area contributed by atoms with E-state index in [1.165, 1.54) is 0 Å². The van der Waals surface area contributed by atoms with Crippen LogP contribution >= 0.6 is 55.1 Å². The number of rotatable bonds is 0. The quantitative estimate of drug-likeness (QED) is 0.470. The van der Waals surface area contributed by atoms with Crippen LogP contribution in [0.25, 0.3) is 0 Å². The Balaban J connectivity index is 3.60. The zero-order valence-electron chi connectivity index (χ0n) is 5.27. The average molecular weight is 341 g/mol. The molecule has 1 aromatic carbocycles. The Hall–Kier alpha value is 0.620. The molecule has 0 saturated carbocycles. The lowest BCUT2D eigenvalue weighted by molar-refractivity contribution is 0.571. The molecule has 0 aliphatic heterocycles. The highest BCUT2D eigenvalue weighted by Gasteiger charge is 2.19. The van der Waals surface area contributed by atoms with E-state index >= 15 is 0 Å². The molecule has 0 amide bonds. The van der Waals surface area contributed by atoms with Crippen LogP contribution in [-0.2, 0) is 0 Å². The third-order valence-electron chi connectivity index (χ3n) is 1.16. The zero-order valence-corrected chi connectivity index (χ0v) is 9.95. The maximum atomic E-state index is 12.9. The van der Waals surface area contributed by atoms with Crippen LogP contribution in [0.4, 0.5) is 8.78 Å². The molecule has 1 rings (SSSR count). The average Bonchev–Trinajstić information content (AvgIpc) is 2.08. The Morgan fingerprint density at radius 2 is 1.17 bits per heavy atom. The van der Waals surface area contributed by atoms with Crippen LogP contribution in [0.5, 0.6) is 0 Å². The van der Waals surface area contributed by atoms with Crippen molar-refractivity contribution in [2.24, 2.45) is 0 Å². The molecule has 66 valence electrons. The highest BCUT2D eigenvalue weighted by atomic mass is 79.9. The fourth-order valence-corrected chi connectivity index (χ4v) is 1.98. The van der Waals surface area contributed by atoms with E-state index in [0.717, 1.165) is 0 Å². The first-order valence-corrected chi connectivity index (χ1v) is 4.98. The van der Waals surface area contributed by atoms with Crippen molar-refractivity contribution < 1.29 is 8.78 Å². The van der Waals surface area contributed by atoms with Crippen molar-refractivity contribution in [2.45, 2.75) is 0 Å². The van der Waals surface area contributed by atoms with Gasteiger partial charge in [0.05, 0.1) is 19.0 Å². The summed E-state index contributed by atoms with van der Waals surface area (Å²) in [6.45, 7) is 0. The third kappa shape index (κ3) is 1.62. The molecule has 0 bridgehead atoms. The smallest absolute Gasteiger partial charge is 0.160 e. The SMILES string of the molecule is Fc1c(Cl)c(Br)c(Cl)c(F)c1Br. The molecule has 0 heterocycles. The molecule has 1 aromatic rings. The van der Waals surface area contributed by atoms with Gasteiger partial charge < -0.3 is 0 Å². The second-order valence-corrected chi connectivity index (χ2v) is 4.23. The number of hydrogen-bond donors (Lipinski definition) is 0. The lowest BCUT2D eigenvalue weighted by atomic mass is 10.3. The molecule has 0 nitrogen and oxygen atoms in total. The molecule has 0 unspecified atom stereocenters. The van der Waals surface area contributed by atoms with Crippen LogP contribution in [0.3, 0.4) is 0 Å². The van der Waals surface area contributed by atoms with Crippen LogP contribution in [0, 0.1) is 11.6 Å². The molecular weight excluding hydrogens is 341 g/mol. The van der Waals surface area contributed by atoms with E-state index in [1.807, 2.05) is 0 Å². The number of halogens is 6. The van der Waals surface area contributed by atoms with Crippen molar-refractivity contribution in [2.75, 3.05) is 0 Å². The highest BCUT2D eigenvalue weighted by molar-refractivity contribution is 9.11. The summed E-state index contributed by atoms with van der Waals surface area (Å²) in [6, 6.07) is 0. The fourth-order valence-electron chi connectivity index (χ4n) is 0.578. The Bertz CT molecular complexity index is 236. The van der Waals surface area contributed by atoms with Gasteiger partial charge in [0.1, 0.15) is 0 Å². The van der Waals surface area contributed by atoms with E-state index in [0.29, 0.717) is 0 Å². The minimum Gasteiger partial charge on any atom is -0.204 e. The van der Waals surface area contributed by atoms with E-state index in [2.05, 4.69) is 31.9 Å². The van der Waals surface area contributed by atoms with Gasteiger partial charge >= 0.3 is 0 Å². The maximum Gasteiger partial charge on any atom is 0.160 e. The monoisotopic (exact) mass is 338 g/mol. The number of hydrogen-bond acceptors (Lipinski definition) is 0. The topological polar surface area (TPSA) is 0 Å². The lowest BCUT2D eigenvalue weighted by Crippen LogP contribution is -1.89. The van der Waals surface area contributed by atoms with Gasteiger partial charge in [0, 0.05) is 0 Å². The third-order valence-corrected chi connectivity index (χ3v) is 3.81. The van der Waals surface area contributed by atoms with E-state index in [1.54, 1.807) is 0 Å². The van der Waals surface area contributed by atoms with Crippen molar-refractivity contribution in [1.29, 1.82) is 0 Å². The standard InChI is InChI=1S/C6Br2Cl2F2/c7-1-3(9)5(11)2(8)6(12)4(1)10. The summed E-state index contributed by atoms with van der Waals surface area (Å²) in [5.74, 6) is -1.74. The van der Waals surface area contributed by atoms with Gasteiger partial charge in [0.15, 0.2) is 11.6 Å². The molecule has 0 fully saturated rings. The number of benzene rings is 1.